The van der Waals surface area contributed by atoms with E-state index in [1.165, 1.54) is 25.4 Å². The van der Waals surface area contributed by atoms with Gasteiger partial charge in [0, 0.05) is 17.1 Å². The number of methoxy groups -OCH3 is 1. The van der Waals surface area contributed by atoms with Gasteiger partial charge in [0.2, 0.25) is 15.9 Å². The van der Waals surface area contributed by atoms with Crippen molar-refractivity contribution in [3.05, 3.63) is 64.5 Å². The number of anilines is 3. The van der Waals surface area contributed by atoms with Gasteiger partial charge in [-0.1, -0.05) is 6.07 Å². The molecular weight excluding hydrogens is 428 g/mol. The SMILES string of the molecule is COc1ccc(NC(=O)c2csc(C(=O)Nc3cccc(NS(C)(=O)=O)c3)c2)cn1. The van der Waals surface area contributed by atoms with Crippen LogP contribution in [0, 0.1) is 0 Å². The summed E-state index contributed by atoms with van der Waals surface area (Å²) < 4.78 is 30.0. The van der Waals surface area contributed by atoms with Crippen molar-refractivity contribution in [3.8, 4) is 5.88 Å². The van der Waals surface area contributed by atoms with Crippen molar-refractivity contribution in [1.29, 1.82) is 0 Å². The lowest BCUT2D eigenvalue weighted by Crippen LogP contribution is -2.13. The molecule has 9 nitrogen and oxygen atoms in total. The molecule has 11 heteroatoms. The van der Waals surface area contributed by atoms with E-state index in [1.807, 2.05) is 0 Å². The van der Waals surface area contributed by atoms with Crippen LogP contribution in [0.25, 0.3) is 0 Å². The van der Waals surface area contributed by atoms with Crippen LogP contribution in [0.2, 0.25) is 0 Å². The number of thiophene rings is 1. The van der Waals surface area contributed by atoms with Gasteiger partial charge in [0.1, 0.15) is 0 Å². The molecule has 0 saturated carbocycles. The van der Waals surface area contributed by atoms with Crippen molar-refractivity contribution in [2.45, 2.75) is 0 Å². The molecule has 0 aliphatic rings. The van der Waals surface area contributed by atoms with Crippen LogP contribution in [0.5, 0.6) is 5.88 Å². The molecule has 3 N–H and O–H groups in total. The minimum atomic E-state index is -3.43. The molecule has 0 bridgehead atoms. The number of aromatic nitrogens is 1. The molecule has 0 saturated heterocycles. The fourth-order valence-corrected chi connectivity index (χ4v) is 3.76. The fraction of sp³-hybridized carbons (Fsp3) is 0.105. The number of sulfonamides is 1. The maximum Gasteiger partial charge on any atom is 0.265 e. The minimum absolute atomic E-state index is 0.327. The second-order valence-electron chi connectivity index (χ2n) is 6.15. The van der Waals surface area contributed by atoms with Crippen molar-refractivity contribution < 1.29 is 22.7 Å². The summed E-state index contributed by atoms with van der Waals surface area (Å²) in [5.41, 5.74) is 1.56. The number of rotatable bonds is 7. The van der Waals surface area contributed by atoms with Crippen LogP contribution in [-0.2, 0) is 10.0 Å². The second-order valence-corrected chi connectivity index (χ2v) is 8.81. The molecule has 0 radical (unpaired) electrons. The molecule has 0 atom stereocenters. The Hall–Kier alpha value is -3.44. The highest BCUT2D eigenvalue weighted by Gasteiger charge is 2.15. The Labute approximate surface area is 177 Å². The van der Waals surface area contributed by atoms with E-state index in [2.05, 4.69) is 20.3 Å². The summed E-state index contributed by atoms with van der Waals surface area (Å²) >= 11 is 1.12. The molecule has 0 aliphatic heterocycles. The molecule has 0 fully saturated rings. The molecule has 2 aromatic heterocycles. The summed E-state index contributed by atoms with van der Waals surface area (Å²) in [6, 6.07) is 11.1. The first-order chi connectivity index (χ1) is 14.2. The third-order valence-corrected chi connectivity index (χ3v) is 5.25. The summed E-state index contributed by atoms with van der Waals surface area (Å²) in [7, 11) is -1.93. The molecule has 2 heterocycles. The van der Waals surface area contributed by atoms with Crippen LogP contribution < -0.4 is 20.1 Å². The fourth-order valence-electron chi connectivity index (χ4n) is 2.42. The number of ether oxygens (including phenoxy) is 1. The van der Waals surface area contributed by atoms with E-state index >= 15 is 0 Å². The topological polar surface area (TPSA) is 126 Å². The molecule has 0 unspecified atom stereocenters. The minimum Gasteiger partial charge on any atom is -0.481 e. The molecular formula is C19H18N4O5S2. The highest BCUT2D eigenvalue weighted by atomic mass is 32.2. The van der Waals surface area contributed by atoms with Gasteiger partial charge in [-0.25, -0.2) is 13.4 Å². The first-order valence-corrected chi connectivity index (χ1v) is 11.3. The van der Waals surface area contributed by atoms with E-state index < -0.39 is 15.9 Å². The Kier molecular flexibility index (Phi) is 6.33. The summed E-state index contributed by atoms with van der Waals surface area (Å²) in [5.74, 6) is -0.364. The van der Waals surface area contributed by atoms with Crippen molar-refractivity contribution in [2.24, 2.45) is 0 Å². The Balaban J connectivity index is 1.65. The molecule has 30 heavy (non-hydrogen) atoms. The van der Waals surface area contributed by atoms with Gasteiger partial charge < -0.3 is 15.4 Å². The third-order valence-electron chi connectivity index (χ3n) is 3.71. The van der Waals surface area contributed by atoms with Gasteiger partial charge in [0.25, 0.3) is 11.8 Å². The second kappa shape index (κ2) is 8.93. The number of nitrogens with one attached hydrogen (secondary N) is 3. The van der Waals surface area contributed by atoms with Gasteiger partial charge in [0.05, 0.1) is 41.4 Å². The monoisotopic (exact) mass is 446 g/mol. The summed E-state index contributed by atoms with van der Waals surface area (Å²) in [6.07, 6.45) is 2.51. The van der Waals surface area contributed by atoms with Crippen LogP contribution >= 0.6 is 11.3 Å². The quantitative estimate of drug-likeness (QED) is 0.512. The van der Waals surface area contributed by atoms with Crippen LogP contribution in [-0.4, -0.2) is 38.6 Å². The van der Waals surface area contributed by atoms with Crippen molar-refractivity contribution in [2.75, 3.05) is 28.7 Å². The summed E-state index contributed by atoms with van der Waals surface area (Å²) in [4.78, 5) is 29.2. The van der Waals surface area contributed by atoms with Crippen molar-refractivity contribution in [1.82, 2.24) is 4.98 Å². The number of hydrogen-bond acceptors (Lipinski definition) is 7. The maximum absolute atomic E-state index is 12.5. The zero-order valence-corrected chi connectivity index (χ0v) is 17.6. The van der Waals surface area contributed by atoms with Crippen LogP contribution in [0.4, 0.5) is 17.1 Å². The Morgan fingerprint density at radius 1 is 1.00 bits per heavy atom. The molecule has 0 aliphatic carbocycles. The zero-order chi connectivity index (χ0) is 21.7. The first kappa shape index (κ1) is 21.3. The number of pyridine rings is 1. The average Bonchev–Trinajstić information content (AvgIpc) is 3.18. The number of amides is 2. The Morgan fingerprint density at radius 3 is 2.40 bits per heavy atom. The number of nitrogens with zero attached hydrogens (tertiary/aromatic N) is 1. The lowest BCUT2D eigenvalue weighted by atomic mass is 10.2. The number of hydrogen-bond donors (Lipinski definition) is 3. The molecule has 1 aromatic carbocycles. The predicted molar refractivity (Wildman–Crippen MR) is 116 cm³/mol. The van der Waals surface area contributed by atoms with Gasteiger partial charge in [-0.15, -0.1) is 11.3 Å². The van der Waals surface area contributed by atoms with Crippen molar-refractivity contribution >= 4 is 50.2 Å². The van der Waals surface area contributed by atoms with E-state index in [1.54, 1.807) is 35.7 Å². The van der Waals surface area contributed by atoms with E-state index in [0.717, 1.165) is 17.6 Å². The van der Waals surface area contributed by atoms with E-state index in [4.69, 9.17) is 4.74 Å². The van der Waals surface area contributed by atoms with Gasteiger partial charge in [-0.2, -0.15) is 0 Å². The zero-order valence-electron chi connectivity index (χ0n) is 16.0. The van der Waals surface area contributed by atoms with E-state index in [0.29, 0.717) is 33.4 Å². The van der Waals surface area contributed by atoms with Gasteiger partial charge in [0.15, 0.2) is 0 Å². The molecule has 3 aromatic rings. The lowest BCUT2D eigenvalue weighted by molar-refractivity contribution is 0.102. The van der Waals surface area contributed by atoms with Crippen LogP contribution in [0.3, 0.4) is 0 Å². The molecule has 3 rings (SSSR count). The number of carbonyl (C=O) groups excluding carboxylic acids is 2. The van der Waals surface area contributed by atoms with Crippen molar-refractivity contribution in [3.63, 3.8) is 0 Å². The average molecular weight is 447 g/mol. The van der Waals surface area contributed by atoms with Gasteiger partial charge >= 0.3 is 0 Å². The van der Waals surface area contributed by atoms with Crippen LogP contribution in [0.15, 0.2) is 54.0 Å². The largest absolute Gasteiger partial charge is 0.481 e. The highest BCUT2D eigenvalue weighted by molar-refractivity contribution is 7.92. The normalized spacial score (nSPS) is 10.9. The summed E-state index contributed by atoms with van der Waals surface area (Å²) in [6.45, 7) is 0. The maximum atomic E-state index is 12.5. The van der Waals surface area contributed by atoms with Gasteiger partial charge in [-0.3, -0.25) is 14.3 Å². The number of benzene rings is 1. The number of carbonyl (C=O) groups is 2. The summed E-state index contributed by atoms with van der Waals surface area (Å²) in [5, 5.41) is 6.95. The molecule has 0 spiro atoms. The Bertz CT molecular complexity index is 1170. The first-order valence-electron chi connectivity index (χ1n) is 8.52. The van der Waals surface area contributed by atoms with E-state index in [9.17, 15) is 18.0 Å². The highest BCUT2D eigenvalue weighted by Crippen LogP contribution is 2.21. The third kappa shape index (κ3) is 5.78. The Morgan fingerprint density at radius 2 is 1.73 bits per heavy atom. The van der Waals surface area contributed by atoms with Gasteiger partial charge in [-0.05, 0) is 30.3 Å². The van der Waals surface area contributed by atoms with E-state index in [-0.39, 0.29) is 5.91 Å². The molecule has 2 amide bonds. The molecule has 156 valence electrons. The predicted octanol–water partition coefficient (Wildman–Crippen LogP) is 3.03. The lowest BCUT2D eigenvalue weighted by Gasteiger charge is -2.07. The van der Waals surface area contributed by atoms with Crippen LogP contribution in [0.1, 0.15) is 20.0 Å². The standard InChI is InChI=1S/C19H18N4O5S2/c1-28-17-7-6-15(10-20-17)22-18(24)12-8-16(29-11-12)19(25)21-13-4-3-5-14(9-13)23-30(2,26)27/h3-11,23H,1-2H3,(H,21,25)(H,22,24). The smallest absolute Gasteiger partial charge is 0.265 e.